The molecule has 0 aliphatic carbocycles. The van der Waals surface area contributed by atoms with Crippen molar-refractivity contribution in [3.05, 3.63) is 0 Å². The lowest BCUT2D eigenvalue weighted by Crippen LogP contribution is -2.44. The van der Waals surface area contributed by atoms with Gasteiger partial charge in [-0.1, -0.05) is 15.9 Å². The van der Waals surface area contributed by atoms with Gasteiger partial charge in [0.05, 0.1) is 11.4 Å². The molecule has 0 saturated heterocycles. The molecular weight excluding hydrogens is 232 g/mol. The highest BCUT2D eigenvalue weighted by atomic mass is 79.9. The van der Waals surface area contributed by atoms with Crippen LogP contribution < -0.4 is 0 Å². The van der Waals surface area contributed by atoms with E-state index in [9.17, 15) is 4.79 Å². The second kappa shape index (κ2) is 5.60. The van der Waals surface area contributed by atoms with Crippen LogP contribution in [0.2, 0.25) is 0 Å². The largest absolute Gasteiger partial charge is 0.394 e. The average molecular weight is 243 g/mol. The number of halogens is 1. The Morgan fingerprint density at radius 3 is 2.08 bits per heavy atom. The van der Waals surface area contributed by atoms with E-state index in [1.165, 1.54) is 0 Å². The molecule has 0 radical (unpaired) electrons. The summed E-state index contributed by atoms with van der Waals surface area (Å²) in [5.74, 6) is 0. The van der Waals surface area contributed by atoms with Crippen molar-refractivity contribution >= 4 is 22.2 Å². The molecule has 0 aromatic heterocycles. The lowest BCUT2D eigenvalue weighted by atomic mass is 10.1. The monoisotopic (exact) mass is 242 g/mol. The summed E-state index contributed by atoms with van der Waals surface area (Å²) in [7, 11) is 0. The third-order valence-corrected chi connectivity index (χ3v) is 2.14. The zero-order valence-corrected chi connectivity index (χ0v) is 7.75. The van der Waals surface area contributed by atoms with Gasteiger partial charge >= 0.3 is 0 Å². The topological polar surface area (TPSA) is 98.0 Å². The van der Waals surface area contributed by atoms with Gasteiger partial charge in [-0.25, -0.2) is 0 Å². The molecular formula is C6H11BrO5. The van der Waals surface area contributed by atoms with Crippen LogP contribution in [0.1, 0.15) is 0 Å². The predicted molar refractivity (Wildman–Crippen MR) is 43.9 cm³/mol. The van der Waals surface area contributed by atoms with Crippen LogP contribution in [0, 0.1) is 0 Å². The Morgan fingerprint density at radius 2 is 1.75 bits per heavy atom. The van der Waals surface area contributed by atoms with E-state index in [2.05, 4.69) is 15.9 Å². The molecule has 12 heavy (non-hydrogen) atoms. The van der Waals surface area contributed by atoms with Gasteiger partial charge in [0.2, 0.25) is 0 Å². The molecule has 0 unspecified atom stereocenters. The molecule has 72 valence electrons. The van der Waals surface area contributed by atoms with E-state index in [1.54, 1.807) is 0 Å². The maximum atomic E-state index is 10.1. The quantitative estimate of drug-likeness (QED) is 0.331. The van der Waals surface area contributed by atoms with Crippen LogP contribution in [0.3, 0.4) is 0 Å². The van der Waals surface area contributed by atoms with E-state index >= 15 is 0 Å². The van der Waals surface area contributed by atoms with Crippen molar-refractivity contribution in [2.75, 3.05) is 6.61 Å². The molecule has 0 aromatic rings. The highest BCUT2D eigenvalue weighted by Crippen LogP contribution is 2.09. The van der Waals surface area contributed by atoms with Crippen LogP contribution in [-0.4, -0.2) is 56.5 Å². The van der Waals surface area contributed by atoms with Gasteiger partial charge in [0.1, 0.15) is 24.6 Å². The Morgan fingerprint density at radius 1 is 1.25 bits per heavy atom. The summed E-state index contributed by atoms with van der Waals surface area (Å²) in [6.07, 6.45) is -4.02. The molecule has 0 aromatic carbocycles. The first-order valence-corrected chi connectivity index (χ1v) is 4.20. The Balaban J connectivity index is 4.07. The summed E-state index contributed by atoms with van der Waals surface area (Å²) in [6, 6.07) is 0. The Labute approximate surface area is 77.8 Å². The van der Waals surface area contributed by atoms with Gasteiger partial charge in [0, 0.05) is 0 Å². The number of alkyl halides is 1. The SMILES string of the molecule is O=C[C@H](Br)[C@@H](O)[C@H](O)[C@H](O)CO. The van der Waals surface area contributed by atoms with Crippen LogP contribution in [-0.2, 0) is 4.79 Å². The molecule has 6 heteroatoms. The molecule has 4 atom stereocenters. The van der Waals surface area contributed by atoms with Crippen molar-refractivity contribution in [3.63, 3.8) is 0 Å². The number of aldehydes is 1. The summed E-state index contributed by atoms with van der Waals surface area (Å²) >= 11 is 2.77. The minimum Gasteiger partial charge on any atom is -0.394 e. The Kier molecular flexibility index (Phi) is 5.60. The standard InChI is InChI=1S/C6H11BrO5/c7-3(1-8)5(11)6(12)4(10)2-9/h1,3-6,9-12H,2H2/t3-,4+,5+,6+/m0/s1. The molecule has 0 aliphatic heterocycles. The van der Waals surface area contributed by atoms with Crippen molar-refractivity contribution in [3.8, 4) is 0 Å². The second-order valence-electron chi connectivity index (χ2n) is 2.31. The van der Waals surface area contributed by atoms with E-state index in [1.807, 2.05) is 0 Å². The lowest BCUT2D eigenvalue weighted by molar-refractivity contribution is -0.113. The summed E-state index contributed by atoms with van der Waals surface area (Å²) in [4.78, 5) is 9.15. The van der Waals surface area contributed by atoms with Gasteiger partial charge in [0.15, 0.2) is 0 Å². The van der Waals surface area contributed by atoms with Crippen molar-refractivity contribution in [2.24, 2.45) is 0 Å². The van der Waals surface area contributed by atoms with E-state index in [0.29, 0.717) is 6.29 Å². The highest BCUT2D eigenvalue weighted by Gasteiger charge is 2.29. The zero-order chi connectivity index (χ0) is 9.72. The summed E-state index contributed by atoms with van der Waals surface area (Å²) in [5.41, 5.74) is 0. The number of aliphatic hydroxyl groups excluding tert-OH is 4. The lowest BCUT2D eigenvalue weighted by Gasteiger charge is -2.22. The van der Waals surface area contributed by atoms with E-state index in [0.717, 1.165) is 0 Å². The van der Waals surface area contributed by atoms with Crippen molar-refractivity contribution in [1.82, 2.24) is 0 Å². The Hall–Kier alpha value is -0.0100. The van der Waals surface area contributed by atoms with Crippen LogP contribution in [0.4, 0.5) is 0 Å². The van der Waals surface area contributed by atoms with Gasteiger partial charge in [-0.15, -0.1) is 0 Å². The van der Waals surface area contributed by atoms with E-state index < -0.39 is 29.7 Å². The van der Waals surface area contributed by atoms with Crippen molar-refractivity contribution in [1.29, 1.82) is 0 Å². The number of hydrogen-bond donors (Lipinski definition) is 4. The third kappa shape index (κ3) is 3.16. The second-order valence-corrected chi connectivity index (χ2v) is 3.37. The zero-order valence-electron chi connectivity index (χ0n) is 6.17. The Bertz CT molecular complexity index is 142. The fourth-order valence-corrected chi connectivity index (χ4v) is 0.917. The van der Waals surface area contributed by atoms with E-state index in [4.69, 9.17) is 20.4 Å². The molecule has 0 saturated carbocycles. The normalized spacial score (nSPS) is 21.1. The summed E-state index contributed by atoms with van der Waals surface area (Å²) in [6.45, 7) is -0.670. The number of carbonyl (C=O) groups is 1. The minimum absolute atomic E-state index is 0.387. The fourth-order valence-electron chi connectivity index (χ4n) is 0.604. The van der Waals surface area contributed by atoms with Gasteiger partial charge in [-0.2, -0.15) is 0 Å². The van der Waals surface area contributed by atoms with Crippen LogP contribution in [0.25, 0.3) is 0 Å². The number of rotatable bonds is 5. The predicted octanol–water partition coefficient (Wildman–Crippen LogP) is -1.98. The first kappa shape index (κ1) is 12.0. The first-order chi connectivity index (χ1) is 5.54. The van der Waals surface area contributed by atoms with Gasteiger partial charge in [-0.05, 0) is 0 Å². The van der Waals surface area contributed by atoms with Crippen LogP contribution in [0.5, 0.6) is 0 Å². The third-order valence-electron chi connectivity index (χ3n) is 1.39. The van der Waals surface area contributed by atoms with Crippen LogP contribution in [0.15, 0.2) is 0 Å². The van der Waals surface area contributed by atoms with Gasteiger partial charge in [0.25, 0.3) is 0 Å². The minimum atomic E-state index is -1.54. The number of aliphatic hydroxyl groups is 4. The molecule has 0 fully saturated rings. The van der Waals surface area contributed by atoms with Crippen LogP contribution >= 0.6 is 15.9 Å². The summed E-state index contributed by atoms with van der Waals surface area (Å²) < 4.78 is 0. The van der Waals surface area contributed by atoms with Gasteiger partial charge < -0.3 is 25.2 Å². The number of hydrogen-bond acceptors (Lipinski definition) is 5. The maximum absolute atomic E-state index is 10.1. The van der Waals surface area contributed by atoms with E-state index in [-0.39, 0.29) is 0 Å². The molecule has 0 aliphatic rings. The molecule has 0 heterocycles. The maximum Gasteiger partial charge on any atom is 0.136 e. The number of carbonyl (C=O) groups excluding carboxylic acids is 1. The molecule has 0 rings (SSSR count). The van der Waals surface area contributed by atoms with Gasteiger partial charge in [-0.3, -0.25) is 0 Å². The molecule has 0 spiro atoms. The molecule has 0 amide bonds. The molecule has 4 N–H and O–H groups in total. The molecule has 5 nitrogen and oxygen atoms in total. The van der Waals surface area contributed by atoms with Crippen molar-refractivity contribution < 1.29 is 25.2 Å². The molecule has 0 bridgehead atoms. The smallest absolute Gasteiger partial charge is 0.136 e. The first-order valence-electron chi connectivity index (χ1n) is 3.29. The highest BCUT2D eigenvalue weighted by molar-refractivity contribution is 9.10. The fraction of sp³-hybridized carbons (Fsp3) is 0.833. The van der Waals surface area contributed by atoms with Crippen molar-refractivity contribution in [2.45, 2.75) is 23.1 Å². The summed E-state index contributed by atoms with van der Waals surface area (Å²) in [5, 5.41) is 35.4. The average Bonchev–Trinajstić information content (AvgIpc) is 2.12.